The molecule has 0 spiro atoms. The average Bonchev–Trinajstić information content (AvgIpc) is 2.89. The molecule has 2 heterocycles. The van der Waals surface area contributed by atoms with Gasteiger partial charge in [0, 0.05) is 18.0 Å². The van der Waals surface area contributed by atoms with Gasteiger partial charge in [-0.1, -0.05) is 38.1 Å². The summed E-state index contributed by atoms with van der Waals surface area (Å²) < 4.78 is 1.66. The summed E-state index contributed by atoms with van der Waals surface area (Å²) >= 11 is 0. The zero-order valence-corrected chi connectivity index (χ0v) is 11.4. The Morgan fingerprint density at radius 3 is 2.75 bits per heavy atom. The number of hydrogen-bond acceptors (Lipinski definition) is 3. The minimum absolute atomic E-state index is 0.439. The van der Waals surface area contributed by atoms with Crippen LogP contribution in [0.5, 0.6) is 0 Å². The number of hydrogen-bond donors (Lipinski definition) is 0. The fraction of sp³-hybridized carbons (Fsp3) is 0.188. The molecule has 98 valence electrons. The molecule has 0 aliphatic heterocycles. The Balaban J connectivity index is 2.19. The number of rotatable bonds is 2. The molecule has 0 unspecified atom stereocenters. The van der Waals surface area contributed by atoms with Gasteiger partial charge in [-0.05, 0) is 17.0 Å². The Morgan fingerprint density at radius 1 is 1.20 bits per heavy atom. The van der Waals surface area contributed by atoms with Crippen LogP contribution in [0.4, 0.5) is 0 Å². The van der Waals surface area contributed by atoms with Crippen LogP contribution < -0.4 is 0 Å². The predicted octanol–water partition coefficient (Wildman–Crippen LogP) is 3.39. The molecule has 1 aromatic carbocycles. The van der Waals surface area contributed by atoms with Crippen molar-refractivity contribution in [3.63, 3.8) is 0 Å². The molecule has 0 bridgehead atoms. The fourth-order valence-electron chi connectivity index (χ4n) is 2.36. The first kappa shape index (κ1) is 12.4. The molecule has 0 radical (unpaired) electrons. The quantitative estimate of drug-likeness (QED) is 0.711. The van der Waals surface area contributed by atoms with E-state index < -0.39 is 0 Å². The number of aromatic nitrogens is 3. The second kappa shape index (κ2) is 4.78. The van der Waals surface area contributed by atoms with Gasteiger partial charge in [0.1, 0.15) is 11.6 Å². The predicted molar refractivity (Wildman–Crippen MR) is 77.2 cm³/mol. The van der Waals surface area contributed by atoms with E-state index in [-0.39, 0.29) is 0 Å². The molecule has 0 saturated carbocycles. The second-order valence-corrected chi connectivity index (χ2v) is 5.02. The second-order valence-electron chi connectivity index (χ2n) is 5.02. The van der Waals surface area contributed by atoms with Crippen LogP contribution in [0.3, 0.4) is 0 Å². The first-order valence-corrected chi connectivity index (χ1v) is 6.53. The minimum atomic E-state index is 0.439. The van der Waals surface area contributed by atoms with Crippen LogP contribution in [0.15, 0.2) is 42.9 Å². The van der Waals surface area contributed by atoms with E-state index in [0.29, 0.717) is 17.1 Å². The van der Waals surface area contributed by atoms with Gasteiger partial charge in [0.05, 0.1) is 6.20 Å². The molecular formula is C16H14N4. The van der Waals surface area contributed by atoms with Gasteiger partial charge in [0.15, 0.2) is 5.65 Å². The number of nitriles is 1. The van der Waals surface area contributed by atoms with Crippen LogP contribution in [0.1, 0.15) is 30.9 Å². The summed E-state index contributed by atoms with van der Waals surface area (Å²) in [6.45, 7) is 4.35. The van der Waals surface area contributed by atoms with Crippen molar-refractivity contribution in [1.82, 2.24) is 14.6 Å². The zero-order valence-electron chi connectivity index (χ0n) is 11.4. The third-order valence-corrected chi connectivity index (χ3v) is 3.37. The molecule has 3 aromatic rings. The van der Waals surface area contributed by atoms with Crippen molar-refractivity contribution in [2.24, 2.45) is 0 Å². The first-order chi connectivity index (χ1) is 9.70. The molecule has 0 aliphatic carbocycles. The Bertz CT molecular complexity index is 809. The molecule has 0 amide bonds. The highest BCUT2D eigenvalue weighted by atomic mass is 15.2. The molecule has 0 saturated heterocycles. The van der Waals surface area contributed by atoms with E-state index in [1.807, 2.05) is 18.3 Å². The Kier molecular flexibility index (Phi) is 2.96. The highest BCUT2D eigenvalue weighted by Gasteiger charge is 2.10. The lowest BCUT2D eigenvalue weighted by molar-refractivity contribution is 0.867. The summed E-state index contributed by atoms with van der Waals surface area (Å²) in [5.74, 6) is 0.439. The first-order valence-electron chi connectivity index (χ1n) is 6.53. The van der Waals surface area contributed by atoms with Crippen molar-refractivity contribution < 1.29 is 0 Å². The van der Waals surface area contributed by atoms with Crippen molar-refractivity contribution in [2.45, 2.75) is 19.8 Å². The van der Waals surface area contributed by atoms with Gasteiger partial charge in [-0.2, -0.15) is 10.4 Å². The van der Waals surface area contributed by atoms with Crippen LogP contribution in [0, 0.1) is 11.3 Å². The topological polar surface area (TPSA) is 54.0 Å². The van der Waals surface area contributed by atoms with Crippen molar-refractivity contribution in [3.05, 3.63) is 54.0 Å². The van der Waals surface area contributed by atoms with Gasteiger partial charge in [0.2, 0.25) is 0 Å². The highest BCUT2D eigenvalue weighted by molar-refractivity contribution is 5.68. The smallest absolute Gasteiger partial charge is 0.172 e. The molecule has 2 aromatic heterocycles. The SMILES string of the molecule is CC(C)c1ccccc1-c1cnc2c(C#N)cnn2c1. The van der Waals surface area contributed by atoms with Crippen molar-refractivity contribution in [2.75, 3.05) is 0 Å². The summed E-state index contributed by atoms with van der Waals surface area (Å²) in [5.41, 5.74) is 4.54. The Hall–Kier alpha value is -2.67. The Morgan fingerprint density at radius 2 is 2.00 bits per heavy atom. The normalized spacial score (nSPS) is 10.9. The molecule has 4 heteroatoms. The third-order valence-electron chi connectivity index (χ3n) is 3.37. The number of benzene rings is 1. The summed E-state index contributed by atoms with van der Waals surface area (Å²) in [6, 6.07) is 10.4. The molecule has 0 fully saturated rings. The van der Waals surface area contributed by atoms with Crippen LogP contribution in [-0.2, 0) is 0 Å². The summed E-state index contributed by atoms with van der Waals surface area (Å²) in [6.07, 6.45) is 5.27. The molecule has 0 atom stereocenters. The van der Waals surface area contributed by atoms with Gasteiger partial charge in [-0.25, -0.2) is 9.50 Å². The highest BCUT2D eigenvalue weighted by Crippen LogP contribution is 2.28. The maximum Gasteiger partial charge on any atom is 0.172 e. The van der Waals surface area contributed by atoms with Crippen LogP contribution in [0.2, 0.25) is 0 Å². The van der Waals surface area contributed by atoms with Gasteiger partial charge in [-0.15, -0.1) is 0 Å². The van der Waals surface area contributed by atoms with Gasteiger partial charge in [0.25, 0.3) is 0 Å². The average molecular weight is 262 g/mol. The standard InChI is InChI=1S/C16H14N4/c1-11(2)14-5-3-4-6-15(14)13-8-18-16-12(7-17)9-19-20(16)10-13/h3-6,8-11H,1-2H3. The van der Waals surface area contributed by atoms with Crippen LogP contribution in [0.25, 0.3) is 16.8 Å². The molecule has 20 heavy (non-hydrogen) atoms. The van der Waals surface area contributed by atoms with Crippen LogP contribution in [-0.4, -0.2) is 14.6 Å². The van der Waals surface area contributed by atoms with E-state index in [1.165, 1.54) is 5.56 Å². The van der Waals surface area contributed by atoms with Crippen molar-refractivity contribution in [1.29, 1.82) is 5.26 Å². The molecule has 0 aliphatic rings. The zero-order chi connectivity index (χ0) is 14.1. The monoisotopic (exact) mass is 262 g/mol. The molecule has 3 rings (SSSR count). The minimum Gasteiger partial charge on any atom is -0.235 e. The van der Waals surface area contributed by atoms with Crippen molar-refractivity contribution >= 4 is 5.65 Å². The lowest BCUT2D eigenvalue weighted by Crippen LogP contribution is -1.96. The largest absolute Gasteiger partial charge is 0.235 e. The van der Waals surface area contributed by atoms with Crippen molar-refractivity contribution in [3.8, 4) is 17.2 Å². The number of fused-ring (bicyclic) bond motifs is 1. The summed E-state index contributed by atoms with van der Waals surface area (Å²) in [7, 11) is 0. The van der Waals surface area contributed by atoms with Gasteiger partial charge in [-0.3, -0.25) is 0 Å². The van der Waals surface area contributed by atoms with E-state index in [0.717, 1.165) is 11.1 Å². The van der Waals surface area contributed by atoms with E-state index in [4.69, 9.17) is 5.26 Å². The fourth-order valence-corrected chi connectivity index (χ4v) is 2.36. The third kappa shape index (κ3) is 1.94. The van der Waals surface area contributed by atoms with E-state index in [1.54, 1.807) is 16.9 Å². The lowest BCUT2D eigenvalue weighted by Gasteiger charge is -2.12. The molecule has 0 N–H and O–H groups in total. The van der Waals surface area contributed by atoms with Gasteiger partial charge >= 0.3 is 0 Å². The van der Waals surface area contributed by atoms with Gasteiger partial charge < -0.3 is 0 Å². The van der Waals surface area contributed by atoms with E-state index in [9.17, 15) is 0 Å². The van der Waals surface area contributed by atoms with Crippen LogP contribution >= 0.6 is 0 Å². The van der Waals surface area contributed by atoms with E-state index in [2.05, 4.69) is 42.1 Å². The summed E-state index contributed by atoms with van der Waals surface area (Å²) in [5, 5.41) is 13.2. The number of nitrogens with zero attached hydrogens (tertiary/aromatic N) is 4. The molecule has 4 nitrogen and oxygen atoms in total. The maximum atomic E-state index is 8.98. The maximum absolute atomic E-state index is 8.98. The molecular weight excluding hydrogens is 248 g/mol. The lowest BCUT2D eigenvalue weighted by atomic mass is 9.94. The summed E-state index contributed by atoms with van der Waals surface area (Å²) in [4.78, 5) is 4.37. The Labute approximate surface area is 117 Å². The van der Waals surface area contributed by atoms with E-state index >= 15 is 0 Å².